The second kappa shape index (κ2) is 12.8. The molecule has 12 heteroatoms. The van der Waals surface area contributed by atoms with Gasteiger partial charge < -0.3 is 27.4 Å². The van der Waals surface area contributed by atoms with Crippen LogP contribution in [0, 0.1) is 10.1 Å². The van der Waals surface area contributed by atoms with Crippen LogP contribution in [-0.4, -0.2) is 53.8 Å². The molecule has 2 atom stereocenters. The number of carbonyl (C=O) groups excluding carboxylic acids is 3. The largest absolute Gasteiger partial charge is 0.370 e. The molecule has 0 aromatic heterocycles. The van der Waals surface area contributed by atoms with Crippen molar-refractivity contribution >= 4 is 29.4 Å². The van der Waals surface area contributed by atoms with E-state index >= 15 is 0 Å². The van der Waals surface area contributed by atoms with Crippen LogP contribution in [0.3, 0.4) is 0 Å². The van der Waals surface area contributed by atoms with Gasteiger partial charge in [-0.15, -0.1) is 0 Å². The van der Waals surface area contributed by atoms with Gasteiger partial charge in [0.05, 0.1) is 4.92 Å². The maximum Gasteiger partial charge on any atom is 0.269 e. The Morgan fingerprint density at radius 2 is 1.74 bits per heavy atom. The number of hydrogen-bond acceptors (Lipinski definition) is 6. The summed E-state index contributed by atoms with van der Waals surface area (Å²) in [6, 6.07) is 3.91. The van der Waals surface area contributed by atoms with Crippen molar-refractivity contribution in [2.75, 3.05) is 13.1 Å². The van der Waals surface area contributed by atoms with Gasteiger partial charge in [0.25, 0.3) is 5.69 Å². The van der Waals surface area contributed by atoms with Crippen molar-refractivity contribution in [2.24, 2.45) is 16.5 Å². The first-order valence-corrected chi connectivity index (χ1v) is 9.78. The maximum atomic E-state index is 12.8. The van der Waals surface area contributed by atoms with Crippen molar-refractivity contribution in [1.29, 1.82) is 0 Å². The molecule has 1 aromatic carbocycles. The Kier molecular flexibility index (Phi) is 10.4. The van der Waals surface area contributed by atoms with Gasteiger partial charge >= 0.3 is 0 Å². The molecule has 12 nitrogen and oxygen atoms in total. The molecule has 7 N–H and O–H groups in total. The number of benzene rings is 1. The molecule has 1 aromatic rings. The van der Waals surface area contributed by atoms with Crippen LogP contribution in [0.4, 0.5) is 5.69 Å². The lowest BCUT2D eigenvalue weighted by Gasteiger charge is -2.23. The number of rotatable bonds is 12. The monoisotopic (exact) mass is 435 g/mol. The summed E-state index contributed by atoms with van der Waals surface area (Å²) in [4.78, 5) is 50.9. The lowest BCUT2D eigenvalue weighted by Crippen LogP contribution is -2.54. The van der Waals surface area contributed by atoms with E-state index in [1.165, 1.54) is 31.2 Å². The van der Waals surface area contributed by atoms with Gasteiger partial charge in [-0.25, -0.2) is 0 Å². The first-order chi connectivity index (χ1) is 14.6. The zero-order chi connectivity index (χ0) is 23.4. The van der Waals surface area contributed by atoms with E-state index in [9.17, 15) is 24.5 Å². The van der Waals surface area contributed by atoms with Crippen LogP contribution in [0.15, 0.2) is 29.3 Å². The molecule has 0 radical (unpaired) electrons. The Hall–Kier alpha value is -3.70. The molecule has 0 aliphatic rings. The number of non-ortho nitro benzene ring substituents is 1. The van der Waals surface area contributed by atoms with E-state index in [-0.39, 0.29) is 31.0 Å². The lowest BCUT2D eigenvalue weighted by molar-refractivity contribution is -0.384. The summed E-state index contributed by atoms with van der Waals surface area (Å²) in [7, 11) is 0. The summed E-state index contributed by atoms with van der Waals surface area (Å²) >= 11 is 0. The van der Waals surface area contributed by atoms with Gasteiger partial charge in [0.2, 0.25) is 17.7 Å². The molecule has 3 amide bonds. The number of nitrogens with zero attached hydrogens (tertiary/aromatic N) is 2. The Bertz CT molecular complexity index is 806. The Morgan fingerprint density at radius 3 is 2.26 bits per heavy atom. The van der Waals surface area contributed by atoms with Crippen LogP contribution in [0.2, 0.25) is 0 Å². The fraction of sp³-hybridized carbons (Fsp3) is 0.474. The van der Waals surface area contributed by atoms with E-state index in [4.69, 9.17) is 11.5 Å². The molecule has 0 unspecified atom stereocenters. The van der Waals surface area contributed by atoms with Gasteiger partial charge in [-0.05, 0) is 25.3 Å². The molecule has 0 aliphatic carbocycles. The second-order valence-corrected chi connectivity index (χ2v) is 6.79. The zero-order valence-corrected chi connectivity index (χ0v) is 17.6. The summed E-state index contributed by atoms with van der Waals surface area (Å²) in [6.07, 6.45) is 0.822. The molecular formula is C19H29N7O5. The Morgan fingerprint density at radius 1 is 1.10 bits per heavy atom. The smallest absolute Gasteiger partial charge is 0.269 e. The number of nitro benzene ring substituents is 1. The van der Waals surface area contributed by atoms with Crippen LogP contribution in [0.25, 0.3) is 0 Å². The number of amides is 3. The summed E-state index contributed by atoms with van der Waals surface area (Å²) < 4.78 is 0. The fourth-order valence-corrected chi connectivity index (χ4v) is 2.79. The quantitative estimate of drug-likeness (QED) is 0.0942. The van der Waals surface area contributed by atoms with Gasteiger partial charge in [-0.1, -0.05) is 12.1 Å². The highest BCUT2D eigenvalue weighted by Crippen LogP contribution is 2.13. The van der Waals surface area contributed by atoms with E-state index in [1.807, 2.05) is 0 Å². The summed E-state index contributed by atoms with van der Waals surface area (Å²) in [6.45, 7) is 3.67. The maximum absolute atomic E-state index is 12.8. The standard InChI is InChI=1S/C19H29N7O5/c1-3-22-17(28)16(11-13-6-8-14(9-7-13)26(30)31)25-18(29)15(24-12(2)27)5-4-10-23-19(20)21/h6-9,15-16H,3-5,10-11H2,1-2H3,(H,22,28)(H,24,27)(H,25,29)(H4,20,21,23)/t15-,16-/m0/s1. The van der Waals surface area contributed by atoms with Crippen LogP contribution in [0.5, 0.6) is 0 Å². The van der Waals surface area contributed by atoms with Crippen molar-refractivity contribution in [3.05, 3.63) is 39.9 Å². The molecule has 1 rings (SSSR count). The number of nitrogens with two attached hydrogens (primary N) is 2. The van der Waals surface area contributed by atoms with Gasteiger partial charge in [-0.3, -0.25) is 29.5 Å². The van der Waals surface area contributed by atoms with Crippen LogP contribution in [-0.2, 0) is 20.8 Å². The number of hydrogen-bond donors (Lipinski definition) is 5. The highest BCUT2D eigenvalue weighted by molar-refractivity contribution is 5.91. The summed E-state index contributed by atoms with van der Waals surface area (Å²) in [5.74, 6) is -1.40. The van der Waals surface area contributed by atoms with Crippen molar-refractivity contribution in [1.82, 2.24) is 16.0 Å². The highest BCUT2D eigenvalue weighted by atomic mass is 16.6. The highest BCUT2D eigenvalue weighted by Gasteiger charge is 2.26. The Labute approximate surface area is 180 Å². The lowest BCUT2D eigenvalue weighted by atomic mass is 10.0. The first-order valence-electron chi connectivity index (χ1n) is 9.78. The number of likely N-dealkylation sites (N-methyl/N-ethyl adjacent to an activating group) is 1. The van der Waals surface area contributed by atoms with Crippen molar-refractivity contribution in [3.8, 4) is 0 Å². The normalized spacial score (nSPS) is 12.2. The van der Waals surface area contributed by atoms with E-state index in [0.29, 0.717) is 18.5 Å². The summed E-state index contributed by atoms with van der Waals surface area (Å²) in [5.41, 5.74) is 11.1. The van der Waals surface area contributed by atoms with Gasteiger partial charge in [-0.2, -0.15) is 0 Å². The fourth-order valence-electron chi connectivity index (χ4n) is 2.79. The predicted octanol–water partition coefficient (Wildman–Crippen LogP) is -0.683. The van der Waals surface area contributed by atoms with E-state index in [0.717, 1.165) is 0 Å². The Balaban J connectivity index is 2.91. The molecule has 0 spiro atoms. The molecule has 31 heavy (non-hydrogen) atoms. The zero-order valence-electron chi connectivity index (χ0n) is 17.6. The van der Waals surface area contributed by atoms with Crippen molar-refractivity contribution in [2.45, 2.75) is 45.2 Å². The molecule has 0 saturated heterocycles. The average Bonchev–Trinajstić information content (AvgIpc) is 2.69. The minimum Gasteiger partial charge on any atom is -0.370 e. The molecule has 0 aliphatic heterocycles. The third-order valence-electron chi connectivity index (χ3n) is 4.21. The van der Waals surface area contributed by atoms with Crippen molar-refractivity contribution < 1.29 is 19.3 Å². The molecular weight excluding hydrogens is 406 g/mol. The second-order valence-electron chi connectivity index (χ2n) is 6.79. The topological polar surface area (TPSA) is 195 Å². The number of nitrogens with one attached hydrogen (secondary N) is 3. The number of nitro groups is 1. The average molecular weight is 435 g/mol. The van der Waals surface area contributed by atoms with Gasteiger partial charge in [0.15, 0.2) is 5.96 Å². The predicted molar refractivity (Wildman–Crippen MR) is 115 cm³/mol. The summed E-state index contributed by atoms with van der Waals surface area (Å²) in [5, 5.41) is 18.7. The number of carbonyl (C=O) groups is 3. The third-order valence-corrected chi connectivity index (χ3v) is 4.21. The van der Waals surface area contributed by atoms with Crippen LogP contribution >= 0.6 is 0 Å². The minimum atomic E-state index is -0.928. The van der Waals surface area contributed by atoms with E-state index < -0.39 is 34.7 Å². The van der Waals surface area contributed by atoms with Gasteiger partial charge in [0, 0.05) is 38.6 Å². The third kappa shape index (κ3) is 9.56. The van der Waals surface area contributed by atoms with Crippen LogP contribution < -0.4 is 27.4 Å². The number of guanidine groups is 1. The van der Waals surface area contributed by atoms with Gasteiger partial charge in [0.1, 0.15) is 12.1 Å². The van der Waals surface area contributed by atoms with Crippen LogP contribution in [0.1, 0.15) is 32.3 Å². The van der Waals surface area contributed by atoms with E-state index in [1.54, 1.807) is 6.92 Å². The van der Waals surface area contributed by atoms with Crippen molar-refractivity contribution in [3.63, 3.8) is 0 Å². The van der Waals surface area contributed by atoms with E-state index in [2.05, 4.69) is 20.9 Å². The first kappa shape index (κ1) is 25.3. The molecule has 0 heterocycles. The molecule has 0 bridgehead atoms. The SMILES string of the molecule is CCNC(=O)[C@H](Cc1ccc([N+](=O)[O-])cc1)NC(=O)[C@H](CCCN=C(N)N)NC(C)=O. The molecule has 0 fully saturated rings. The number of aliphatic imine (C=N–C) groups is 1. The molecule has 170 valence electrons. The minimum absolute atomic E-state index is 0.0695. The molecule has 0 saturated carbocycles.